The molecule has 4 N–H and O–H groups in total. The van der Waals surface area contributed by atoms with Crippen molar-refractivity contribution in [2.45, 2.75) is 12.8 Å². The van der Waals surface area contributed by atoms with Gasteiger partial charge in [-0.15, -0.1) is 0 Å². The predicted molar refractivity (Wildman–Crippen MR) is 113 cm³/mol. The number of amides is 2. The molecule has 0 spiro atoms. The summed E-state index contributed by atoms with van der Waals surface area (Å²) >= 11 is 0. The molecule has 31 heavy (non-hydrogen) atoms. The second-order valence-electron chi connectivity index (χ2n) is 6.55. The van der Waals surface area contributed by atoms with Gasteiger partial charge in [-0.05, 0) is 42.0 Å². The third-order valence-electron chi connectivity index (χ3n) is 4.30. The van der Waals surface area contributed by atoms with Crippen LogP contribution in [0.3, 0.4) is 0 Å². The number of hydrogen-bond donors (Lipinski definition) is 3. The molecule has 0 aliphatic carbocycles. The summed E-state index contributed by atoms with van der Waals surface area (Å²) in [5.74, 6) is -1.61. The number of ketones is 1. The standard InChI is InChI=1S/C23H20FN3O4/c24-17-12-10-16(11-13-17)20(28)18-8-4-5-9-19(18)26-22(29)21(25)27-23(30)31-14-15-6-2-1-3-7-15/h1-13,21H,14,25H2,(H,26,29)(H,27,30). The number of carbonyl (C=O) groups is 3. The van der Waals surface area contributed by atoms with E-state index in [0.717, 1.165) is 5.56 Å². The molecule has 7 nitrogen and oxygen atoms in total. The summed E-state index contributed by atoms with van der Waals surface area (Å²) < 4.78 is 18.2. The van der Waals surface area contributed by atoms with Crippen LogP contribution in [-0.2, 0) is 16.1 Å². The van der Waals surface area contributed by atoms with Gasteiger partial charge in [-0.1, -0.05) is 42.5 Å². The lowest BCUT2D eigenvalue weighted by atomic mass is 10.0. The number of nitrogens with two attached hydrogens (primary N) is 1. The molecule has 0 radical (unpaired) electrons. The van der Waals surface area contributed by atoms with Crippen LogP contribution in [-0.4, -0.2) is 23.9 Å². The van der Waals surface area contributed by atoms with Crippen molar-refractivity contribution >= 4 is 23.5 Å². The van der Waals surface area contributed by atoms with Crippen molar-refractivity contribution in [3.63, 3.8) is 0 Å². The lowest BCUT2D eigenvalue weighted by molar-refractivity contribution is -0.118. The maximum absolute atomic E-state index is 13.1. The molecule has 3 aromatic rings. The first kappa shape index (κ1) is 21.7. The molecular weight excluding hydrogens is 401 g/mol. The average molecular weight is 421 g/mol. The number of nitrogens with one attached hydrogen (secondary N) is 2. The first-order valence-electron chi connectivity index (χ1n) is 9.37. The molecule has 0 fully saturated rings. The van der Waals surface area contributed by atoms with Crippen LogP contribution in [0.5, 0.6) is 0 Å². The summed E-state index contributed by atoms with van der Waals surface area (Å²) in [5.41, 5.74) is 7.18. The van der Waals surface area contributed by atoms with Gasteiger partial charge in [-0.25, -0.2) is 9.18 Å². The SMILES string of the molecule is NC(NC(=O)OCc1ccccc1)C(=O)Nc1ccccc1C(=O)c1ccc(F)cc1. The van der Waals surface area contributed by atoms with E-state index in [1.807, 2.05) is 6.07 Å². The number of ether oxygens (including phenoxy) is 1. The maximum Gasteiger partial charge on any atom is 0.409 e. The van der Waals surface area contributed by atoms with Gasteiger partial charge >= 0.3 is 6.09 Å². The van der Waals surface area contributed by atoms with E-state index >= 15 is 0 Å². The average Bonchev–Trinajstić information content (AvgIpc) is 2.79. The Morgan fingerprint density at radius 2 is 1.55 bits per heavy atom. The van der Waals surface area contributed by atoms with Crippen molar-refractivity contribution < 1.29 is 23.5 Å². The van der Waals surface area contributed by atoms with E-state index in [-0.39, 0.29) is 23.4 Å². The zero-order valence-corrected chi connectivity index (χ0v) is 16.4. The number of halogens is 1. The maximum atomic E-state index is 13.1. The van der Waals surface area contributed by atoms with Crippen molar-refractivity contribution in [2.75, 3.05) is 5.32 Å². The molecule has 0 aliphatic rings. The second kappa shape index (κ2) is 10.1. The van der Waals surface area contributed by atoms with Crippen LogP contribution in [0.2, 0.25) is 0 Å². The lowest BCUT2D eigenvalue weighted by Gasteiger charge is -2.16. The highest BCUT2D eigenvalue weighted by Crippen LogP contribution is 2.19. The van der Waals surface area contributed by atoms with Crippen LogP contribution in [0, 0.1) is 5.82 Å². The van der Waals surface area contributed by atoms with Crippen LogP contribution in [0.1, 0.15) is 21.5 Å². The van der Waals surface area contributed by atoms with E-state index < -0.39 is 29.8 Å². The van der Waals surface area contributed by atoms with Gasteiger partial charge in [0.1, 0.15) is 12.4 Å². The summed E-state index contributed by atoms with van der Waals surface area (Å²) in [6, 6.07) is 20.4. The van der Waals surface area contributed by atoms with Crippen LogP contribution in [0.25, 0.3) is 0 Å². The Morgan fingerprint density at radius 1 is 0.903 bits per heavy atom. The molecule has 0 bridgehead atoms. The third-order valence-corrected chi connectivity index (χ3v) is 4.30. The van der Waals surface area contributed by atoms with Gasteiger partial charge in [-0.2, -0.15) is 0 Å². The first-order chi connectivity index (χ1) is 14.9. The van der Waals surface area contributed by atoms with Gasteiger partial charge < -0.3 is 15.8 Å². The second-order valence-corrected chi connectivity index (χ2v) is 6.55. The summed E-state index contributed by atoms with van der Waals surface area (Å²) in [4.78, 5) is 37.0. The van der Waals surface area contributed by atoms with E-state index in [1.165, 1.54) is 36.4 Å². The van der Waals surface area contributed by atoms with Gasteiger partial charge in [-0.3, -0.25) is 14.9 Å². The van der Waals surface area contributed by atoms with Crippen LogP contribution >= 0.6 is 0 Å². The molecule has 1 unspecified atom stereocenters. The number of alkyl carbamates (subject to hydrolysis) is 1. The summed E-state index contributed by atoms with van der Waals surface area (Å²) in [7, 11) is 0. The topological polar surface area (TPSA) is 111 Å². The molecular formula is C23H20FN3O4. The largest absolute Gasteiger partial charge is 0.445 e. The minimum Gasteiger partial charge on any atom is -0.445 e. The smallest absolute Gasteiger partial charge is 0.409 e. The van der Waals surface area contributed by atoms with Gasteiger partial charge in [0.05, 0.1) is 5.69 Å². The number of para-hydroxylation sites is 1. The number of carbonyl (C=O) groups excluding carboxylic acids is 3. The van der Waals surface area contributed by atoms with E-state index in [0.29, 0.717) is 0 Å². The number of benzene rings is 3. The van der Waals surface area contributed by atoms with Crippen molar-refractivity contribution in [3.05, 3.63) is 101 Å². The third kappa shape index (κ3) is 5.97. The van der Waals surface area contributed by atoms with Crippen LogP contribution in [0.4, 0.5) is 14.9 Å². The van der Waals surface area contributed by atoms with Crippen molar-refractivity contribution in [1.82, 2.24) is 5.32 Å². The molecule has 0 aliphatic heterocycles. The molecule has 0 saturated carbocycles. The Balaban J connectivity index is 1.61. The summed E-state index contributed by atoms with van der Waals surface area (Å²) in [6.07, 6.45) is -2.26. The van der Waals surface area contributed by atoms with Gasteiger partial charge in [0.25, 0.3) is 5.91 Å². The van der Waals surface area contributed by atoms with Gasteiger partial charge in [0.2, 0.25) is 0 Å². The van der Waals surface area contributed by atoms with Crippen LogP contribution in [0.15, 0.2) is 78.9 Å². The number of anilines is 1. The molecule has 0 heterocycles. The molecule has 0 aromatic heterocycles. The molecule has 3 aromatic carbocycles. The predicted octanol–water partition coefficient (Wildman–Crippen LogP) is 3.21. The van der Waals surface area contributed by atoms with Gasteiger partial charge in [0.15, 0.2) is 11.9 Å². The van der Waals surface area contributed by atoms with Crippen molar-refractivity contribution in [2.24, 2.45) is 5.73 Å². The molecule has 3 rings (SSSR count). The highest BCUT2D eigenvalue weighted by atomic mass is 19.1. The lowest BCUT2D eigenvalue weighted by Crippen LogP contribution is -2.50. The fraction of sp³-hybridized carbons (Fsp3) is 0.0870. The number of rotatable bonds is 7. The van der Waals surface area contributed by atoms with E-state index in [4.69, 9.17) is 10.5 Å². The molecule has 0 saturated heterocycles. The van der Waals surface area contributed by atoms with Crippen molar-refractivity contribution in [3.8, 4) is 0 Å². The summed E-state index contributed by atoms with van der Waals surface area (Å²) in [5, 5.41) is 4.76. The highest BCUT2D eigenvalue weighted by molar-refractivity contribution is 6.14. The molecule has 158 valence electrons. The minimum absolute atomic E-state index is 0.0238. The molecule has 8 heteroatoms. The zero-order valence-electron chi connectivity index (χ0n) is 16.4. The minimum atomic E-state index is -1.41. The fourth-order valence-corrected chi connectivity index (χ4v) is 2.71. The zero-order chi connectivity index (χ0) is 22.2. The molecule has 2 amide bonds. The first-order valence-corrected chi connectivity index (χ1v) is 9.37. The Kier molecular flexibility index (Phi) is 7.08. The Hall–Kier alpha value is -4.04. The normalized spacial score (nSPS) is 11.3. The molecule has 1 atom stereocenters. The van der Waals surface area contributed by atoms with E-state index in [9.17, 15) is 18.8 Å². The Morgan fingerprint density at radius 3 is 2.26 bits per heavy atom. The highest BCUT2D eigenvalue weighted by Gasteiger charge is 2.20. The Bertz CT molecular complexity index is 1070. The Labute approximate surface area is 178 Å². The fourth-order valence-electron chi connectivity index (χ4n) is 2.71. The number of hydrogen-bond acceptors (Lipinski definition) is 5. The van der Waals surface area contributed by atoms with Crippen LogP contribution < -0.4 is 16.4 Å². The van der Waals surface area contributed by atoms with Gasteiger partial charge in [0, 0.05) is 11.1 Å². The summed E-state index contributed by atoms with van der Waals surface area (Å²) in [6.45, 7) is 0.0238. The quantitative estimate of drug-likeness (QED) is 0.401. The van der Waals surface area contributed by atoms with Crippen molar-refractivity contribution in [1.29, 1.82) is 0 Å². The monoisotopic (exact) mass is 421 g/mol. The van der Waals surface area contributed by atoms with E-state index in [2.05, 4.69) is 10.6 Å². The van der Waals surface area contributed by atoms with E-state index in [1.54, 1.807) is 36.4 Å².